The summed E-state index contributed by atoms with van der Waals surface area (Å²) in [6, 6.07) is 1.70. The Morgan fingerprint density at radius 1 is 1.55 bits per heavy atom. The highest BCUT2D eigenvalue weighted by Crippen LogP contribution is 2.27. The molecule has 0 bridgehead atoms. The molecule has 0 atom stereocenters. The fraction of sp³-hybridized carbons (Fsp3) is 0.600. The summed E-state index contributed by atoms with van der Waals surface area (Å²) in [5.41, 5.74) is 0.555. The van der Waals surface area contributed by atoms with E-state index in [-0.39, 0.29) is 5.91 Å². The number of carbonyl (C=O) groups excluding carboxylic acids is 1. The van der Waals surface area contributed by atoms with Crippen molar-refractivity contribution in [3.05, 3.63) is 22.8 Å². The summed E-state index contributed by atoms with van der Waals surface area (Å²) in [4.78, 5) is 18.3. The van der Waals surface area contributed by atoms with Crippen LogP contribution in [0.4, 0.5) is 5.82 Å². The maximum atomic E-state index is 12.3. The molecule has 1 N–H and O–H groups in total. The van der Waals surface area contributed by atoms with Gasteiger partial charge in [-0.3, -0.25) is 4.79 Å². The van der Waals surface area contributed by atoms with E-state index >= 15 is 0 Å². The minimum absolute atomic E-state index is 0.00617. The molecule has 0 aliphatic heterocycles. The maximum Gasteiger partial charge on any atom is 0.255 e. The van der Waals surface area contributed by atoms with Crippen LogP contribution in [0.3, 0.4) is 0 Å². The summed E-state index contributed by atoms with van der Waals surface area (Å²) in [7, 11) is 1.85. The van der Waals surface area contributed by atoms with E-state index in [9.17, 15) is 4.79 Å². The van der Waals surface area contributed by atoms with E-state index in [0.29, 0.717) is 22.3 Å². The van der Waals surface area contributed by atoms with Crippen molar-refractivity contribution < 1.29 is 4.79 Å². The van der Waals surface area contributed by atoms with Crippen LogP contribution in [0, 0.1) is 5.92 Å². The van der Waals surface area contributed by atoms with Crippen molar-refractivity contribution in [3.63, 3.8) is 0 Å². The second-order valence-corrected chi connectivity index (χ2v) is 5.87. The van der Waals surface area contributed by atoms with E-state index in [0.717, 1.165) is 19.5 Å². The molecule has 0 aromatic carbocycles. The first-order chi connectivity index (χ1) is 9.61. The second kappa shape index (κ2) is 6.93. The summed E-state index contributed by atoms with van der Waals surface area (Å²) in [5, 5.41) is 3.64. The van der Waals surface area contributed by atoms with Crippen molar-refractivity contribution in [3.8, 4) is 0 Å². The Labute approximate surface area is 125 Å². The van der Waals surface area contributed by atoms with Gasteiger partial charge in [0, 0.05) is 26.3 Å². The number of carbonyl (C=O) groups is 1. The normalized spacial score (nSPS) is 14.8. The fourth-order valence-electron chi connectivity index (χ4n) is 2.29. The number of aromatic nitrogens is 1. The molecule has 1 aromatic rings. The molecule has 1 saturated carbocycles. The standard InChI is InChI=1S/C15H22ClN3O/c1-3-7-17-14-13(16)8-12(9-18-14)15(20)19(2)10-11-5-4-6-11/h8-9,11H,3-7,10H2,1-2H3,(H,17,18). The summed E-state index contributed by atoms with van der Waals surface area (Å²) in [5.74, 6) is 1.30. The lowest BCUT2D eigenvalue weighted by Crippen LogP contribution is -2.34. The molecule has 2 rings (SSSR count). The Balaban J connectivity index is 2.00. The number of hydrogen-bond donors (Lipinski definition) is 1. The van der Waals surface area contributed by atoms with Crippen LogP contribution in [0.2, 0.25) is 5.02 Å². The maximum absolute atomic E-state index is 12.3. The average molecular weight is 296 g/mol. The lowest BCUT2D eigenvalue weighted by Gasteiger charge is -2.30. The van der Waals surface area contributed by atoms with Crippen molar-refractivity contribution in [2.75, 3.05) is 25.5 Å². The Kier molecular flexibility index (Phi) is 5.24. The first-order valence-corrected chi connectivity index (χ1v) is 7.64. The summed E-state index contributed by atoms with van der Waals surface area (Å²) >= 11 is 6.16. The van der Waals surface area contributed by atoms with Crippen molar-refractivity contribution in [1.29, 1.82) is 0 Å². The van der Waals surface area contributed by atoms with Crippen molar-refractivity contribution >= 4 is 23.3 Å². The van der Waals surface area contributed by atoms with Crippen molar-refractivity contribution in [2.24, 2.45) is 5.92 Å². The molecule has 0 radical (unpaired) electrons. The minimum atomic E-state index is -0.00617. The topological polar surface area (TPSA) is 45.2 Å². The molecule has 0 spiro atoms. The van der Waals surface area contributed by atoms with Gasteiger partial charge in [-0.15, -0.1) is 0 Å². The average Bonchev–Trinajstić information content (AvgIpc) is 2.40. The summed E-state index contributed by atoms with van der Waals surface area (Å²) in [6.07, 6.45) is 6.36. The molecule has 1 heterocycles. The summed E-state index contributed by atoms with van der Waals surface area (Å²) in [6.45, 7) is 3.72. The fourth-order valence-corrected chi connectivity index (χ4v) is 2.53. The van der Waals surface area contributed by atoms with Crippen LogP contribution in [-0.4, -0.2) is 35.9 Å². The Hall–Kier alpha value is -1.29. The van der Waals surface area contributed by atoms with Crippen LogP contribution < -0.4 is 5.32 Å². The largest absolute Gasteiger partial charge is 0.369 e. The van der Waals surface area contributed by atoms with Gasteiger partial charge in [-0.2, -0.15) is 0 Å². The molecule has 1 aliphatic carbocycles. The number of halogens is 1. The predicted octanol–water partition coefficient (Wildman–Crippen LogP) is 3.43. The number of rotatable bonds is 6. The van der Waals surface area contributed by atoms with Crippen molar-refractivity contribution in [1.82, 2.24) is 9.88 Å². The SMILES string of the molecule is CCCNc1ncc(C(=O)N(C)CC2CCC2)cc1Cl. The molecule has 1 amide bonds. The molecule has 1 aromatic heterocycles. The van der Waals surface area contributed by atoms with Crippen LogP contribution in [0.25, 0.3) is 0 Å². The van der Waals surface area contributed by atoms with Crippen LogP contribution in [0.15, 0.2) is 12.3 Å². The van der Waals surface area contributed by atoms with Gasteiger partial charge in [0.15, 0.2) is 0 Å². The molecule has 5 heteroatoms. The van der Waals surface area contributed by atoms with Crippen LogP contribution in [0.5, 0.6) is 0 Å². The Bertz CT molecular complexity index is 474. The monoisotopic (exact) mass is 295 g/mol. The minimum Gasteiger partial charge on any atom is -0.369 e. The van der Waals surface area contributed by atoms with Gasteiger partial charge in [-0.05, 0) is 31.2 Å². The van der Waals surface area contributed by atoms with E-state index in [2.05, 4.69) is 17.2 Å². The number of hydrogen-bond acceptors (Lipinski definition) is 3. The highest BCUT2D eigenvalue weighted by molar-refractivity contribution is 6.33. The van der Waals surface area contributed by atoms with Crippen molar-refractivity contribution in [2.45, 2.75) is 32.6 Å². The lowest BCUT2D eigenvalue weighted by atomic mass is 9.85. The van der Waals surface area contributed by atoms with E-state index in [1.807, 2.05) is 7.05 Å². The molecule has 4 nitrogen and oxygen atoms in total. The van der Waals surface area contributed by atoms with E-state index in [1.54, 1.807) is 17.2 Å². The van der Waals surface area contributed by atoms with Gasteiger partial charge in [-0.1, -0.05) is 24.9 Å². The van der Waals surface area contributed by atoms with E-state index < -0.39 is 0 Å². The molecule has 0 saturated heterocycles. The van der Waals surface area contributed by atoms with Crippen LogP contribution >= 0.6 is 11.6 Å². The van der Waals surface area contributed by atoms with Gasteiger partial charge >= 0.3 is 0 Å². The van der Waals surface area contributed by atoms with E-state index in [4.69, 9.17) is 11.6 Å². The smallest absolute Gasteiger partial charge is 0.255 e. The van der Waals surface area contributed by atoms with Crippen LogP contribution in [-0.2, 0) is 0 Å². The molecule has 1 aliphatic rings. The van der Waals surface area contributed by atoms with Gasteiger partial charge < -0.3 is 10.2 Å². The predicted molar refractivity (Wildman–Crippen MR) is 82.3 cm³/mol. The third kappa shape index (κ3) is 3.63. The first kappa shape index (κ1) is 15.1. The highest BCUT2D eigenvalue weighted by atomic mass is 35.5. The second-order valence-electron chi connectivity index (χ2n) is 5.46. The number of amides is 1. The molecular weight excluding hydrogens is 274 g/mol. The van der Waals surface area contributed by atoms with Gasteiger partial charge in [0.1, 0.15) is 5.82 Å². The van der Waals surface area contributed by atoms with Gasteiger partial charge in [0.2, 0.25) is 0 Å². The van der Waals surface area contributed by atoms with Gasteiger partial charge in [0.05, 0.1) is 10.6 Å². The molecule has 0 unspecified atom stereocenters. The quantitative estimate of drug-likeness (QED) is 0.874. The van der Waals surface area contributed by atoms with Gasteiger partial charge in [-0.25, -0.2) is 4.98 Å². The Morgan fingerprint density at radius 3 is 2.85 bits per heavy atom. The van der Waals surface area contributed by atoms with E-state index in [1.165, 1.54) is 19.3 Å². The third-order valence-corrected chi connectivity index (χ3v) is 4.02. The molecule has 1 fully saturated rings. The molecule has 20 heavy (non-hydrogen) atoms. The molecular formula is C15H22ClN3O. The van der Waals surface area contributed by atoms with Gasteiger partial charge in [0.25, 0.3) is 5.91 Å². The summed E-state index contributed by atoms with van der Waals surface area (Å²) < 4.78 is 0. The number of anilines is 1. The van der Waals surface area contributed by atoms with Crippen LogP contribution in [0.1, 0.15) is 43.0 Å². The highest BCUT2D eigenvalue weighted by Gasteiger charge is 2.22. The number of nitrogens with zero attached hydrogens (tertiary/aromatic N) is 2. The lowest BCUT2D eigenvalue weighted by molar-refractivity contribution is 0.0745. The first-order valence-electron chi connectivity index (χ1n) is 7.26. The number of pyridine rings is 1. The zero-order valence-electron chi connectivity index (χ0n) is 12.2. The Morgan fingerprint density at radius 2 is 2.30 bits per heavy atom. The zero-order chi connectivity index (χ0) is 14.5. The zero-order valence-corrected chi connectivity index (χ0v) is 12.9. The molecule has 110 valence electrons. The third-order valence-electron chi connectivity index (χ3n) is 3.73. The number of nitrogens with one attached hydrogen (secondary N) is 1.